The van der Waals surface area contributed by atoms with Crippen molar-refractivity contribution in [2.45, 2.75) is 26.2 Å². The van der Waals surface area contributed by atoms with Crippen LogP contribution in [0, 0.1) is 0 Å². The van der Waals surface area contributed by atoms with Gasteiger partial charge in [0.15, 0.2) is 11.1 Å². The molecule has 2 rings (SSSR count). The van der Waals surface area contributed by atoms with Gasteiger partial charge in [0.1, 0.15) is 0 Å². The molecule has 2 aromatic rings. The lowest BCUT2D eigenvalue weighted by molar-refractivity contribution is 0.925. The smallest absolute Gasteiger partial charge is 0.199 e. The number of nitrogens with zero attached hydrogens (tertiary/aromatic N) is 1. The van der Waals surface area contributed by atoms with Crippen LogP contribution in [0.4, 0.5) is 5.95 Å². The first kappa shape index (κ1) is 12.0. The maximum atomic E-state index is 5.94. The minimum Gasteiger partial charge on any atom is -0.369 e. The Balaban J connectivity index is 1.99. The summed E-state index contributed by atoms with van der Waals surface area (Å²) in [6.07, 6.45) is 2.84. The van der Waals surface area contributed by atoms with E-state index in [1.54, 1.807) is 0 Å². The second kappa shape index (κ2) is 5.23. The number of hydrogen-bond acceptors (Lipinski definition) is 2. The van der Waals surface area contributed by atoms with Gasteiger partial charge >= 0.3 is 0 Å². The van der Waals surface area contributed by atoms with Gasteiger partial charge in [-0.2, -0.15) is 0 Å². The Morgan fingerprint density at radius 1 is 1.18 bits per heavy atom. The zero-order chi connectivity index (χ0) is 12.3. The van der Waals surface area contributed by atoms with Gasteiger partial charge in [0, 0.05) is 0 Å². The molecule has 0 atom stereocenters. The minimum atomic E-state index is 0.381. The highest BCUT2D eigenvalue weighted by Crippen LogP contribution is 2.16. The average molecular weight is 250 g/mol. The van der Waals surface area contributed by atoms with E-state index in [-0.39, 0.29) is 0 Å². The first-order valence-corrected chi connectivity index (χ1v) is 6.14. The largest absolute Gasteiger partial charge is 0.369 e. The van der Waals surface area contributed by atoms with Gasteiger partial charge in [0.2, 0.25) is 0 Å². The van der Waals surface area contributed by atoms with Gasteiger partial charge in [-0.25, -0.2) is 4.98 Å². The van der Waals surface area contributed by atoms with Crippen LogP contribution in [0.15, 0.2) is 24.3 Å². The van der Waals surface area contributed by atoms with Gasteiger partial charge in [-0.15, -0.1) is 0 Å². The lowest BCUT2D eigenvalue weighted by Gasteiger charge is -2.02. The third-order valence-electron chi connectivity index (χ3n) is 2.84. The molecule has 1 aromatic carbocycles. The van der Waals surface area contributed by atoms with Gasteiger partial charge in [0.05, 0.1) is 5.69 Å². The van der Waals surface area contributed by atoms with Crippen LogP contribution in [-0.2, 0) is 19.3 Å². The molecule has 1 heterocycles. The van der Waals surface area contributed by atoms with E-state index in [4.69, 9.17) is 17.3 Å². The Kier molecular flexibility index (Phi) is 3.69. The van der Waals surface area contributed by atoms with Crippen LogP contribution in [0.5, 0.6) is 0 Å². The van der Waals surface area contributed by atoms with Crippen molar-refractivity contribution < 1.29 is 0 Å². The Morgan fingerprint density at radius 2 is 1.82 bits per heavy atom. The number of anilines is 1. The summed E-state index contributed by atoms with van der Waals surface area (Å²) in [5.41, 5.74) is 9.10. The third kappa shape index (κ3) is 3.01. The fourth-order valence-corrected chi connectivity index (χ4v) is 2.02. The van der Waals surface area contributed by atoms with Crippen LogP contribution in [0.2, 0.25) is 5.15 Å². The molecule has 90 valence electrons. The number of imidazole rings is 1. The van der Waals surface area contributed by atoms with E-state index in [1.165, 1.54) is 11.1 Å². The predicted molar refractivity (Wildman–Crippen MR) is 71.2 cm³/mol. The van der Waals surface area contributed by atoms with Crippen molar-refractivity contribution in [2.75, 3.05) is 5.73 Å². The number of nitrogen functional groups attached to an aromatic ring is 1. The average Bonchev–Trinajstić information content (AvgIpc) is 2.66. The lowest BCUT2D eigenvalue weighted by atomic mass is 10.1. The molecule has 0 bridgehead atoms. The molecule has 0 spiro atoms. The second-order valence-electron chi connectivity index (χ2n) is 4.06. The summed E-state index contributed by atoms with van der Waals surface area (Å²) in [5, 5.41) is 0.479. The molecule has 4 heteroatoms. The number of nitrogens with two attached hydrogens (primary N) is 1. The van der Waals surface area contributed by atoms with E-state index in [9.17, 15) is 0 Å². The molecule has 0 amide bonds. The number of halogens is 1. The second-order valence-corrected chi connectivity index (χ2v) is 4.42. The monoisotopic (exact) mass is 249 g/mol. The number of aromatic amines is 1. The van der Waals surface area contributed by atoms with Gasteiger partial charge in [0.25, 0.3) is 0 Å². The summed E-state index contributed by atoms with van der Waals surface area (Å²) in [5.74, 6) is 0.381. The molecule has 0 unspecified atom stereocenters. The molecule has 3 N–H and O–H groups in total. The van der Waals surface area contributed by atoms with E-state index in [0.29, 0.717) is 11.1 Å². The molecule has 0 radical (unpaired) electrons. The number of aryl methyl sites for hydroxylation is 3. The van der Waals surface area contributed by atoms with E-state index < -0.39 is 0 Å². The van der Waals surface area contributed by atoms with Crippen LogP contribution in [0.1, 0.15) is 23.7 Å². The number of hydrogen-bond donors (Lipinski definition) is 2. The SMILES string of the molecule is CCc1ccc(CCc2[nH]c(N)nc2Cl)cc1. The molecule has 0 fully saturated rings. The highest BCUT2D eigenvalue weighted by molar-refractivity contribution is 6.30. The molecule has 0 aliphatic carbocycles. The van der Waals surface area contributed by atoms with E-state index in [1.807, 2.05) is 0 Å². The predicted octanol–water partition coefficient (Wildman–Crippen LogP) is 2.99. The Bertz CT molecular complexity index is 488. The van der Waals surface area contributed by atoms with E-state index >= 15 is 0 Å². The highest BCUT2D eigenvalue weighted by atomic mass is 35.5. The van der Waals surface area contributed by atoms with Crippen LogP contribution in [-0.4, -0.2) is 9.97 Å². The number of H-pyrrole nitrogens is 1. The molecule has 0 saturated carbocycles. The van der Waals surface area contributed by atoms with Gasteiger partial charge < -0.3 is 10.7 Å². The molecule has 1 aromatic heterocycles. The zero-order valence-corrected chi connectivity index (χ0v) is 10.6. The summed E-state index contributed by atoms with van der Waals surface area (Å²) in [7, 11) is 0. The zero-order valence-electron chi connectivity index (χ0n) is 9.83. The minimum absolute atomic E-state index is 0.381. The molecule has 3 nitrogen and oxygen atoms in total. The Hall–Kier alpha value is -1.48. The third-order valence-corrected chi connectivity index (χ3v) is 3.15. The molecule has 17 heavy (non-hydrogen) atoms. The van der Waals surface area contributed by atoms with Crippen LogP contribution < -0.4 is 5.73 Å². The number of nitrogens with one attached hydrogen (secondary N) is 1. The van der Waals surface area contributed by atoms with Gasteiger partial charge in [-0.3, -0.25) is 0 Å². The summed E-state index contributed by atoms with van der Waals surface area (Å²) in [4.78, 5) is 6.91. The first-order chi connectivity index (χ1) is 8.19. The lowest BCUT2D eigenvalue weighted by Crippen LogP contribution is -1.93. The Labute approximate surface area is 106 Å². The van der Waals surface area contributed by atoms with Crippen LogP contribution in [0.25, 0.3) is 0 Å². The standard InChI is InChI=1S/C13H16ClN3/c1-2-9-3-5-10(6-4-9)7-8-11-12(14)17-13(15)16-11/h3-6H,2,7-8H2,1H3,(H3,15,16,17). The normalized spacial score (nSPS) is 10.7. The summed E-state index contributed by atoms with van der Waals surface area (Å²) < 4.78 is 0. The van der Waals surface area contributed by atoms with Crippen molar-refractivity contribution >= 4 is 17.5 Å². The summed E-state index contributed by atoms with van der Waals surface area (Å²) >= 11 is 5.94. The fourth-order valence-electron chi connectivity index (χ4n) is 1.78. The van der Waals surface area contributed by atoms with Crippen molar-refractivity contribution in [3.63, 3.8) is 0 Å². The van der Waals surface area contributed by atoms with Crippen molar-refractivity contribution in [2.24, 2.45) is 0 Å². The van der Waals surface area contributed by atoms with Crippen molar-refractivity contribution in [1.82, 2.24) is 9.97 Å². The van der Waals surface area contributed by atoms with Gasteiger partial charge in [-0.05, 0) is 30.4 Å². The van der Waals surface area contributed by atoms with E-state index in [2.05, 4.69) is 41.2 Å². The van der Waals surface area contributed by atoms with Crippen molar-refractivity contribution in [1.29, 1.82) is 0 Å². The van der Waals surface area contributed by atoms with Gasteiger partial charge in [-0.1, -0.05) is 42.8 Å². The van der Waals surface area contributed by atoms with Crippen LogP contribution in [0.3, 0.4) is 0 Å². The maximum absolute atomic E-state index is 5.94. The number of benzene rings is 1. The van der Waals surface area contributed by atoms with Crippen molar-refractivity contribution in [3.8, 4) is 0 Å². The van der Waals surface area contributed by atoms with Crippen molar-refractivity contribution in [3.05, 3.63) is 46.2 Å². The van der Waals surface area contributed by atoms with Crippen LogP contribution >= 0.6 is 11.6 Å². The quantitative estimate of drug-likeness (QED) is 0.875. The molecule has 0 aliphatic rings. The summed E-state index contributed by atoms with van der Waals surface area (Å²) in [6.45, 7) is 2.15. The Morgan fingerprint density at radius 3 is 2.35 bits per heavy atom. The first-order valence-electron chi connectivity index (χ1n) is 5.76. The topological polar surface area (TPSA) is 54.7 Å². The maximum Gasteiger partial charge on any atom is 0.199 e. The molecule has 0 aliphatic heterocycles. The summed E-state index contributed by atoms with van der Waals surface area (Å²) in [6, 6.07) is 8.65. The molecular weight excluding hydrogens is 234 g/mol. The number of rotatable bonds is 4. The van der Waals surface area contributed by atoms with E-state index in [0.717, 1.165) is 25.0 Å². The molecule has 0 saturated heterocycles. The highest BCUT2D eigenvalue weighted by Gasteiger charge is 2.05. The number of aromatic nitrogens is 2. The molecular formula is C13H16ClN3. The fraction of sp³-hybridized carbons (Fsp3) is 0.308.